The van der Waals surface area contributed by atoms with E-state index in [0.717, 1.165) is 11.8 Å². The van der Waals surface area contributed by atoms with Gasteiger partial charge in [-0.3, -0.25) is 0 Å². The van der Waals surface area contributed by atoms with Crippen molar-refractivity contribution in [2.75, 3.05) is 0 Å². The van der Waals surface area contributed by atoms with E-state index in [-0.39, 0.29) is 5.25 Å². The largest absolute Gasteiger partial charge is 0.340 e. The highest BCUT2D eigenvalue weighted by Crippen LogP contribution is 2.23. The first-order valence-corrected chi connectivity index (χ1v) is 3.97. The van der Waals surface area contributed by atoms with E-state index in [1.54, 1.807) is 6.92 Å². The molecular weight excluding hydrogens is 162 g/mol. The fraction of sp³-hybridized carbons (Fsp3) is 0.500. The van der Waals surface area contributed by atoms with Gasteiger partial charge in [-0.15, -0.1) is 0 Å². The van der Waals surface area contributed by atoms with Crippen molar-refractivity contribution in [2.24, 2.45) is 0 Å². The molecule has 1 heterocycles. The molecule has 0 spiro atoms. The van der Waals surface area contributed by atoms with Gasteiger partial charge >= 0.3 is 0 Å². The molecule has 4 nitrogen and oxygen atoms in total. The first-order chi connectivity index (χ1) is 5.24. The Kier molecular flexibility index (Phi) is 2.49. The molecule has 0 saturated heterocycles. The summed E-state index contributed by atoms with van der Waals surface area (Å²) in [5, 5.41) is 14.0. The van der Waals surface area contributed by atoms with Crippen molar-refractivity contribution < 1.29 is 4.52 Å². The topological polar surface area (TPSA) is 62.7 Å². The van der Waals surface area contributed by atoms with E-state index in [2.05, 4.69) is 10.1 Å². The molecule has 0 N–H and O–H groups in total. The van der Waals surface area contributed by atoms with Crippen molar-refractivity contribution in [3.8, 4) is 5.40 Å². The molecule has 1 aromatic rings. The first kappa shape index (κ1) is 8.08. The SMILES string of the molecule is Cc1nc([C@H](C)SC#N)no1. The average molecular weight is 169 g/mol. The summed E-state index contributed by atoms with van der Waals surface area (Å²) in [6.07, 6.45) is 0. The van der Waals surface area contributed by atoms with Gasteiger partial charge < -0.3 is 4.52 Å². The molecule has 0 aromatic carbocycles. The molecule has 11 heavy (non-hydrogen) atoms. The lowest BCUT2D eigenvalue weighted by Gasteiger charge is -1.95. The fourth-order valence-electron chi connectivity index (χ4n) is 0.612. The highest BCUT2D eigenvalue weighted by molar-refractivity contribution is 8.03. The molecule has 0 aliphatic heterocycles. The molecule has 0 radical (unpaired) electrons. The second kappa shape index (κ2) is 3.39. The highest BCUT2D eigenvalue weighted by Gasteiger charge is 2.11. The minimum atomic E-state index is -0.0163. The van der Waals surface area contributed by atoms with E-state index < -0.39 is 0 Å². The van der Waals surface area contributed by atoms with Crippen LogP contribution in [0.1, 0.15) is 23.9 Å². The molecule has 1 aromatic heterocycles. The molecule has 0 aliphatic rings. The van der Waals surface area contributed by atoms with Crippen molar-refractivity contribution >= 4 is 11.8 Å². The summed E-state index contributed by atoms with van der Waals surface area (Å²) >= 11 is 1.12. The number of hydrogen-bond donors (Lipinski definition) is 0. The van der Waals surface area contributed by atoms with E-state index >= 15 is 0 Å². The van der Waals surface area contributed by atoms with Gasteiger partial charge in [0.2, 0.25) is 5.89 Å². The number of aromatic nitrogens is 2. The summed E-state index contributed by atoms with van der Waals surface area (Å²) in [5.74, 6) is 1.11. The van der Waals surface area contributed by atoms with Crippen LogP contribution in [0.2, 0.25) is 0 Å². The van der Waals surface area contributed by atoms with Crippen LogP contribution in [0, 0.1) is 17.6 Å². The maximum Gasteiger partial charge on any atom is 0.223 e. The molecule has 0 unspecified atom stereocenters. The van der Waals surface area contributed by atoms with Crippen molar-refractivity contribution in [3.63, 3.8) is 0 Å². The minimum absolute atomic E-state index is 0.0163. The number of thioether (sulfide) groups is 1. The van der Waals surface area contributed by atoms with Gasteiger partial charge in [-0.05, 0) is 18.7 Å². The highest BCUT2D eigenvalue weighted by atomic mass is 32.2. The zero-order valence-corrected chi connectivity index (χ0v) is 7.05. The van der Waals surface area contributed by atoms with E-state index in [0.29, 0.717) is 11.7 Å². The standard InChI is InChI=1S/C6H7N3OS/c1-4(11-3-7)6-8-5(2)10-9-6/h4H,1-2H3/t4-/m0/s1. The second-order valence-corrected chi connectivity index (χ2v) is 3.15. The number of nitrogens with zero attached hydrogens (tertiary/aromatic N) is 3. The smallest absolute Gasteiger partial charge is 0.223 e. The molecule has 58 valence electrons. The summed E-state index contributed by atoms with van der Waals surface area (Å²) in [7, 11) is 0. The quantitative estimate of drug-likeness (QED) is 0.630. The van der Waals surface area contributed by atoms with Crippen molar-refractivity contribution in [1.82, 2.24) is 10.1 Å². The monoisotopic (exact) mass is 169 g/mol. The van der Waals surface area contributed by atoms with Gasteiger partial charge in [-0.1, -0.05) is 5.16 Å². The predicted molar refractivity (Wildman–Crippen MR) is 40.7 cm³/mol. The Labute approximate surface area is 68.6 Å². The van der Waals surface area contributed by atoms with E-state index in [1.165, 1.54) is 0 Å². The Hall–Kier alpha value is -1.02. The summed E-state index contributed by atoms with van der Waals surface area (Å²) in [6.45, 7) is 3.58. The zero-order valence-electron chi connectivity index (χ0n) is 6.24. The third kappa shape index (κ3) is 1.95. The summed E-state index contributed by atoms with van der Waals surface area (Å²) in [6, 6.07) is 0. The third-order valence-electron chi connectivity index (χ3n) is 1.14. The van der Waals surface area contributed by atoms with Crippen LogP contribution in [0.3, 0.4) is 0 Å². The van der Waals surface area contributed by atoms with Crippen molar-refractivity contribution in [3.05, 3.63) is 11.7 Å². The van der Waals surface area contributed by atoms with Crippen LogP contribution in [0.15, 0.2) is 4.52 Å². The molecule has 0 saturated carbocycles. The van der Waals surface area contributed by atoms with Crippen LogP contribution in [-0.2, 0) is 0 Å². The van der Waals surface area contributed by atoms with Gasteiger partial charge in [-0.25, -0.2) is 0 Å². The molecule has 0 fully saturated rings. The molecule has 1 rings (SSSR count). The van der Waals surface area contributed by atoms with Crippen LogP contribution in [-0.4, -0.2) is 10.1 Å². The van der Waals surface area contributed by atoms with Gasteiger partial charge in [0.15, 0.2) is 5.82 Å². The van der Waals surface area contributed by atoms with Gasteiger partial charge in [0, 0.05) is 6.92 Å². The average Bonchev–Trinajstić information content (AvgIpc) is 2.36. The van der Waals surface area contributed by atoms with E-state index in [9.17, 15) is 0 Å². The molecular formula is C6H7N3OS. The number of aryl methyl sites for hydroxylation is 1. The van der Waals surface area contributed by atoms with Crippen LogP contribution in [0.25, 0.3) is 0 Å². The molecule has 1 atom stereocenters. The Bertz CT molecular complexity index is 278. The lowest BCUT2D eigenvalue weighted by Crippen LogP contribution is -1.89. The van der Waals surface area contributed by atoms with Crippen LogP contribution < -0.4 is 0 Å². The summed E-state index contributed by atoms with van der Waals surface area (Å²) in [5.41, 5.74) is 0. The molecule has 0 aliphatic carbocycles. The van der Waals surface area contributed by atoms with Crippen molar-refractivity contribution in [2.45, 2.75) is 19.1 Å². The Morgan fingerprint density at radius 3 is 2.91 bits per heavy atom. The van der Waals surface area contributed by atoms with E-state index in [1.807, 2.05) is 12.3 Å². The Balaban J connectivity index is 2.70. The van der Waals surface area contributed by atoms with Gasteiger partial charge in [0.25, 0.3) is 0 Å². The third-order valence-corrected chi connectivity index (χ3v) is 1.81. The van der Waals surface area contributed by atoms with Gasteiger partial charge in [-0.2, -0.15) is 10.2 Å². The van der Waals surface area contributed by atoms with E-state index in [4.69, 9.17) is 9.78 Å². The van der Waals surface area contributed by atoms with Crippen LogP contribution in [0.4, 0.5) is 0 Å². The fourth-order valence-corrected chi connectivity index (χ4v) is 0.971. The molecule has 0 amide bonds. The Morgan fingerprint density at radius 2 is 2.45 bits per heavy atom. The minimum Gasteiger partial charge on any atom is -0.340 e. The summed E-state index contributed by atoms with van der Waals surface area (Å²) in [4.78, 5) is 3.98. The lowest BCUT2D eigenvalue weighted by molar-refractivity contribution is 0.387. The number of nitriles is 1. The number of rotatable bonds is 2. The zero-order chi connectivity index (χ0) is 8.27. The number of hydrogen-bond acceptors (Lipinski definition) is 5. The summed E-state index contributed by atoms with van der Waals surface area (Å²) < 4.78 is 4.75. The van der Waals surface area contributed by atoms with Crippen molar-refractivity contribution in [1.29, 1.82) is 5.26 Å². The first-order valence-electron chi connectivity index (χ1n) is 3.09. The van der Waals surface area contributed by atoms with Gasteiger partial charge in [0.1, 0.15) is 5.40 Å². The second-order valence-electron chi connectivity index (χ2n) is 2.02. The number of thiocyanates is 1. The van der Waals surface area contributed by atoms with Crippen LogP contribution >= 0.6 is 11.8 Å². The van der Waals surface area contributed by atoms with Gasteiger partial charge in [0.05, 0.1) is 5.25 Å². The normalized spacial score (nSPS) is 12.5. The lowest BCUT2D eigenvalue weighted by atomic mass is 10.4. The molecule has 5 heteroatoms. The van der Waals surface area contributed by atoms with Crippen LogP contribution in [0.5, 0.6) is 0 Å². The maximum absolute atomic E-state index is 8.33. The Morgan fingerprint density at radius 1 is 1.73 bits per heavy atom. The molecule has 0 bridgehead atoms. The predicted octanol–water partition coefficient (Wildman–Crippen LogP) is 1.65. The maximum atomic E-state index is 8.33.